The number of aryl methyl sites for hydroxylation is 1. The van der Waals surface area contributed by atoms with Gasteiger partial charge in [0.15, 0.2) is 0 Å². The highest BCUT2D eigenvalue weighted by Gasteiger charge is 1.98. The molecule has 0 fully saturated rings. The highest BCUT2D eigenvalue weighted by Crippen LogP contribution is 2.16. The van der Waals surface area contributed by atoms with Gasteiger partial charge in [0.2, 0.25) is 0 Å². The summed E-state index contributed by atoms with van der Waals surface area (Å²) in [5.41, 5.74) is 1.15. The minimum absolute atomic E-state index is 0.888. The molecule has 1 heterocycles. The van der Waals surface area contributed by atoms with Gasteiger partial charge in [-0.1, -0.05) is 6.08 Å². The van der Waals surface area contributed by atoms with Gasteiger partial charge in [-0.2, -0.15) is 0 Å². The molecule has 0 bridgehead atoms. The third-order valence-electron chi connectivity index (χ3n) is 1.69. The number of halogens is 1. The number of anilines is 1. The van der Waals surface area contributed by atoms with E-state index in [1.165, 1.54) is 0 Å². The lowest BCUT2D eigenvalue weighted by molar-refractivity contribution is 1.04. The van der Waals surface area contributed by atoms with Gasteiger partial charge in [0.25, 0.3) is 0 Å². The highest BCUT2D eigenvalue weighted by molar-refractivity contribution is 9.10. The maximum absolute atomic E-state index is 4.26. The quantitative estimate of drug-likeness (QED) is 0.647. The van der Waals surface area contributed by atoms with Gasteiger partial charge in [-0.3, -0.25) is 0 Å². The minimum atomic E-state index is 0.888. The van der Waals surface area contributed by atoms with E-state index in [-0.39, 0.29) is 0 Å². The van der Waals surface area contributed by atoms with Crippen LogP contribution in [0.15, 0.2) is 29.4 Å². The van der Waals surface area contributed by atoms with E-state index in [0.29, 0.717) is 0 Å². The summed E-state index contributed by atoms with van der Waals surface area (Å²) in [5.74, 6) is 0.949. The van der Waals surface area contributed by atoms with Crippen molar-refractivity contribution in [2.75, 3.05) is 11.9 Å². The van der Waals surface area contributed by atoms with Crippen molar-refractivity contribution in [2.45, 2.75) is 13.3 Å². The van der Waals surface area contributed by atoms with Crippen molar-refractivity contribution in [3.63, 3.8) is 0 Å². The van der Waals surface area contributed by atoms with E-state index < -0.39 is 0 Å². The molecule has 0 spiro atoms. The first kappa shape index (κ1) is 10.3. The Balaban J connectivity index is 2.61. The Labute approximate surface area is 87.2 Å². The van der Waals surface area contributed by atoms with Crippen molar-refractivity contribution < 1.29 is 0 Å². The molecule has 0 amide bonds. The van der Waals surface area contributed by atoms with Crippen LogP contribution in [0.1, 0.15) is 12.0 Å². The fourth-order valence-corrected chi connectivity index (χ4v) is 1.46. The van der Waals surface area contributed by atoms with E-state index in [1.807, 2.05) is 19.1 Å². The number of nitrogens with zero attached hydrogens (tertiary/aromatic N) is 1. The number of pyridine rings is 1. The topological polar surface area (TPSA) is 24.9 Å². The van der Waals surface area contributed by atoms with Crippen molar-refractivity contribution in [1.82, 2.24) is 4.98 Å². The third-order valence-corrected chi connectivity index (χ3v) is 2.12. The summed E-state index contributed by atoms with van der Waals surface area (Å²) in [6.07, 6.45) is 4.64. The van der Waals surface area contributed by atoms with E-state index in [4.69, 9.17) is 0 Å². The second-order valence-electron chi connectivity index (χ2n) is 2.82. The SMILES string of the molecule is C=CCCNc1ncc(Br)cc1C. The minimum Gasteiger partial charge on any atom is -0.370 e. The summed E-state index contributed by atoms with van der Waals surface area (Å²) in [5, 5.41) is 3.24. The summed E-state index contributed by atoms with van der Waals surface area (Å²) in [4.78, 5) is 4.26. The Morgan fingerprint density at radius 1 is 1.69 bits per heavy atom. The molecule has 1 N–H and O–H groups in total. The number of aromatic nitrogens is 1. The summed E-state index contributed by atoms with van der Waals surface area (Å²) >= 11 is 3.37. The predicted octanol–water partition coefficient (Wildman–Crippen LogP) is 3.14. The molecule has 0 saturated heterocycles. The molecule has 1 rings (SSSR count). The Kier molecular flexibility index (Phi) is 3.96. The second kappa shape index (κ2) is 5.02. The van der Waals surface area contributed by atoms with Gasteiger partial charge in [-0.25, -0.2) is 4.98 Å². The number of nitrogens with one attached hydrogen (secondary N) is 1. The van der Waals surface area contributed by atoms with E-state index in [9.17, 15) is 0 Å². The van der Waals surface area contributed by atoms with E-state index in [0.717, 1.165) is 28.8 Å². The average molecular weight is 241 g/mol. The van der Waals surface area contributed by atoms with Gasteiger partial charge in [0.05, 0.1) is 0 Å². The van der Waals surface area contributed by atoms with Crippen LogP contribution in [0.25, 0.3) is 0 Å². The average Bonchev–Trinajstić information content (AvgIpc) is 2.09. The molecule has 0 radical (unpaired) electrons. The summed E-state index contributed by atoms with van der Waals surface area (Å²) in [6, 6.07) is 2.04. The molecule has 0 aliphatic heterocycles. The summed E-state index contributed by atoms with van der Waals surface area (Å²) in [6.45, 7) is 6.58. The van der Waals surface area contributed by atoms with E-state index in [1.54, 1.807) is 6.20 Å². The molecule has 70 valence electrons. The first-order valence-corrected chi connectivity index (χ1v) is 5.00. The summed E-state index contributed by atoms with van der Waals surface area (Å²) in [7, 11) is 0. The predicted molar refractivity (Wildman–Crippen MR) is 60.0 cm³/mol. The lowest BCUT2D eigenvalue weighted by Gasteiger charge is -2.06. The second-order valence-corrected chi connectivity index (χ2v) is 3.74. The van der Waals surface area contributed by atoms with Crippen LogP contribution in [0.4, 0.5) is 5.82 Å². The molecule has 0 unspecified atom stereocenters. The zero-order valence-corrected chi connectivity index (χ0v) is 9.26. The van der Waals surface area contributed by atoms with Crippen molar-refractivity contribution in [3.05, 3.63) is 35.0 Å². The molecule has 1 aromatic heterocycles. The zero-order chi connectivity index (χ0) is 9.68. The van der Waals surface area contributed by atoms with Crippen molar-refractivity contribution in [2.24, 2.45) is 0 Å². The molecule has 0 aliphatic carbocycles. The largest absolute Gasteiger partial charge is 0.370 e. The maximum atomic E-state index is 4.26. The maximum Gasteiger partial charge on any atom is 0.128 e. The van der Waals surface area contributed by atoms with Gasteiger partial charge in [0.1, 0.15) is 5.82 Å². The van der Waals surface area contributed by atoms with Crippen LogP contribution in [-0.2, 0) is 0 Å². The van der Waals surface area contributed by atoms with Gasteiger partial charge in [0, 0.05) is 17.2 Å². The van der Waals surface area contributed by atoms with E-state index in [2.05, 4.69) is 32.8 Å². The molecule has 0 atom stereocenters. The van der Waals surface area contributed by atoms with Crippen LogP contribution in [0.3, 0.4) is 0 Å². The Morgan fingerprint density at radius 2 is 2.46 bits per heavy atom. The van der Waals surface area contributed by atoms with Crippen molar-refractivity contribution in [3.8, 4) is 0 Å². The molecule has 0 aliphatic rings. The monoisotopic (exact) mass is 240 g/mol. The molecule has 1 aromatic rings. The van der Waals surface area contributed by atoms with Gasteiger partial charge < -0.3 is 5.32 Å². The lowest BCUT2D eigenvalue weighted by Crippen LogP contribution is -2.03. The summed E-state index contributed by atoms with van der Waals surface area (Å²) < 4.78 is 1.01. The van der Waals surface area contributed by atoms with Crippen LogP contribution in [0.5, 0.6) is 0 Å². The fourth-order valence-electron chi connectivity index (χ4n) is 1.02. The Morgan fingerprint density at radius 3 is 3.08 bits per heavy atom. The van der Waals surface area contributed by atoms with E-state index >= 15 is 0 Å². The Hall–Kier alpha value is -0.830. The highest BCUT2D eigenvalue weighted by atomic mass is 79.9. The third kappa shape index (κ3) is 3.19. The molecular formula is C10H13BrN2. The van der Waals surface area contributed by atoms with Gasteiger partial charge in [-0.15, -0.1) is 6.58 Å². The number of rotatable bonds is 4. The standard InChI is InChI=1S/C10H13BrN2/c1-3-4-5-12-10-8(2)6-9(11)7-13-10/h3,6-7H,1,4-5H2,2H3,(H,12,13). The van der Waals surface area contributed by atoms with Crippen LogP contribution in [-0.4, -0.2) is 11.5 Å². The Bertz CT molecular complexity index is 297. The van der Waals surface area contributed by atoms with Gasteiger partial charge >= 0.3 is 0 Å². The normalized spacial score (nSPS) is 9.69. The number of hydrogen-bond acceptors (Lipinski definition) is 2. The van der Waals surface area contributed by atoms with Crippen LogP contribution in [0.2, 0.25) is 0 Å². The van der Waals surface area contributed by atoms with Gasteiger partial charge in [-0.05, 0) is 40.9 Å². The zero-order valence-electron chi connectivity index (χ0n) is 7.68. The molecule has 2 nitrogen and oxygen atoms in total. The number of hydrogen-bond donors (Lipinski definition) is 1. The van der Waals surface area contributed by atoms with Crippen molar-refractivity contribution >= 4 is 21.7 Å². The van der Waals surface area contributed by atoms with Crippen LogP contribution >= 0.6 is 15.9 Å². The molecule has 0 saturated carbocycles. The molecule has 13 heavy (non-hydrogen) atoms. The molecule has 3 heteroatoms. The molecule has 0 aromatic carbocycles. The molecular weight excluding hydrogens is 228 g/mol. The van der Waals surface area contributed by atoms with Crippen LogP contribution in [0, 0.1) is 6.92 Å². The van der Waals surface area contributed by atoms with Crippen LogP contribution < -0.4 is 5.32 Å². The fraction of sp³-hybridized carbons (Fsp3) is 0.300. The van der Waals surface area contributed by atoms with Crippen molar-refractivity contribution in [1.29, 1.82) is 0 Å². The first-order valence-electron chi connectivity index (χ1n) is 4.21. The lowest BCUT2D eigenvalue weighted by atomic mass is 10.3. The first-order chi connectivity index (χ1) is 6.24. The smallest absolute Gasteiger partial charge is 0.128 e.